The highest BCUT2D eigenvalue weighted by atomic mass is 32.1. The largest absolute Gasteiger partial charge is 0.464 e. The maximum absolute atomic E-state index is 11.4. The summed E-state index contributed by atoms with van der Waals surface area (Å²) in [6, 6.07) is 5.65. The smallest absolute Gasteiger partial charge is 0.358 e. The van der Waals surface area contributed by atoms with Crippen molar-refractivity contribution in [2.24, 2.45) is 5.73 Å². The topological polar surface area (TPSA) is 65.2 Å². The lowest BCUT2D eigenvalue weighted by Crippen LogP contribution is -2.01. The molecule has 2 N–H and O–H groups in total. The van der Waals surface area contributed by atoms with E-state index in [0.29, 0.717) is 12.2 Å². The van der Waals surface area contributed by atoms with E-state index >= 15 is 0 Å². The van der Waals surface area contributed by atoms with Crippen LogP contribution in [-0.4, -0.2) is 17.5 Å². The molecule has 1 heterocycles. The van der Waals surface area contributed by atoms with Gasteiger partial charge < -0.3 is 10.5 Å². The SMILES string of the molecule is COC(=O)c1nsc2c(CN)cccc12. The van der Waals surface area contributed by atoms with Gasteiger partial charge >= 0.3 is 5.97 Å². The van der Waals surface area contributed by atoms with Crippen molar-refractivity contribution in [2.75, 3.05) is 7.11 Å². The van der Waals surface area contributed by atoms with Crippen molar-refractivity contribution in [3.8, 4) is 0 Å². The Morgan fingerprint density at radius 1 is 1.60 bits per heavy atom. The van der Waals surface area contributed by atoms with Gasteiger partial charge in [-0.3, -0.25) is 0 Å². The highest BCUT2D eigenvalue weighted by Gasteiger charge is 2.15. The first-order valence-corrected chi connectivity index (χ1v) is 5.21. The van der Waals surface area contributed by atoms with Crippen LogP contribution in [0.4, 0.5) is 0 Å². The number of rotatable bonds is 2. The summed E-state index contributed by atoms with van der Waals surface area (Å²) in [5.41, 5.74) is 6.96. The number of esters is 1. The van der Waals surface area contributed by atoms with E-state index in [-0.39, 0.29) is 0 Å². The van der Waals surface area contributed by atoms with Gasteiger partial charge in [0, 0.05) is 11.9 Å². The third kappa shape index (κ3) is 1.60. The predicted molar refractivity (Wildman–Crippen MR) is 58.9 cm³/mol. The molecule has 1 aromatic carbocycles. The van der Waals surface area contributed by atoms with E-state index in [1.165, 1.54) is 18.6 Å². The fourth-order valence-corrected chi connectivity index (χ4v) is 2.31. The lowest BCUT2D eigenvalue weighted by Gasteiger charge is -1.98. The molecule has 0 fully saturated rings. The van der Waals surface area contributed by atoms with Gasteiger partial charge in [0.25, 0.3) is 0 Å². The van der Waals surface area contributed by atoms with Crippen molar-refractivity contribution in [1.29, 1.82) is 0 Å². The molecule has 0 aliphatic rings. The second-order valence-corrected chi connectivity index (χ2v) is 3.79. The lowest BCUT2D eigenvalue weighted by atomic mass is 10.1. The van der Waals surface area contributed by atoms with Gasteiger partial charge in [-0.25, -0.2) is 4.79 Å². The summed E-state index contributed by atoms with van der Waals surface area (Å²) in [6.45, 7) is 0.445. The van der Waals surface area contributed by atoms with Crippen LogP contribution >= 0.6 is 11.5 Å². The quantitative estimate of drug-likeness (QED) is 0.783. The fraction of sp³-hybridized carbons (Fsp3) is 0.200. The molecule has 0 unspecified atom stereocenters. The van der Waals surface area contributed by atoms with E-state index in [1.54, 1.807) is 0 Å². The van der Waals surface area contributed by atoms with E-state index in [9.17, 15) is 4.79 Å². The summed E-state index contributed by atoms with van der Waals surface area (Å²) in [7, 11) is 1.35. The Bertz CT molecular complexity index is 507. The van der Waals surface area contributed by atoms with Crippen LogP contribution in [0.5, 0.6) is 0 Å². The first kappa shape index (κ1) is 10.1. The fourth-order valence-electron chi connectivity index (χ4n) is 1.42. The molecular weight excluding hydrogens is 212 g/mol. The third-order valence-electron chi connectivity index (χ3n) is 2.18. The maximum Gasteiger partial charge on any atom is 0.358 e. The summed E-state index contributed by atoms with van der Waals surface area (Å²) in [5, 5.41) is 0.815. The molecule has 0 amide bonds. The van der Waals surface area contributed by atoms with Gasteiger partial charge in [-0.05, 0) is 17.1 Å². The molecule has 15 heavy (non-hydrogen) atoms. The molecule has 0 radical (unpaired) electrons. The van der Waals surface area contributed by atoms with E-state index in [0.717, 1.165) is 15.6 Å². The van der Waals surface area contributed by atoms with Crippen molar-refractivity contribution in [1.82, 2.24) is 4.37 Å². The molecule has 4 nitrogen and oxygen atoms in total. The first-order valence-electron chi connectivity index (χ1n) is 4.43. The normalized spacial score (nSPS) is 10.5. The Kier molecular flexibility index (Phi) is 2.66. The minimum absolute atomic E-state index is 0.368. The summed E-state index contributed by atoms with van der Waals surface area (Å²) in [6.07, 6.45) is 0. The molecule has 2 aromatic rings. The van der Waals surface area contributed by atoms with Gasteiger partial charge in [-0.1, -0.05) is 18.2 Å². The Morgan fingerprint density at radius 3 is 3.07 bits per heavy atom. The number of hydrogen-bond donors (Lipinski definition) is 1. The molecule has 1 aromatic heterocycles. The standard InChI is InChI=1S/C10H10N2O2S/c1-14-10(13)8-7-4-2-3-6(5-11)9(7)15-12-8/h2-4H,5,11H2,1H3. The van der Waals surface area contributed by atoms with Crippen LogP contribution in [0.1, 0.15) is 16.1 Å². The molecule has 0 aliphatic carbocycles. The Morgan fingerprint density at radius 2 is 2.40 bits per heavy atom. The summed E-state index contributed by atoms with van der Waals surface area (Å²) < 4.78 is 9.70. The summed E-state index contributed by atoms with van der Waals surface area (Å²) in [4.78, 5) is 11.4. The second-order valence-electron chi connectivity index (χ2n) is 3.02. The summed E-state index contributed by atoms with van der Waals surface area (Å²) in [5.74, 6) is -0.407. The molecule has 0 spiro atoms. The Labute approximate surface area is 90.8 Å². The van der Waals surface area contributed by atoms with Crippen LogP contribution in [0.3, 0.4) is 0 Å². The molecule has 0 saturated heterocycles. The number of fused-ring (bicyclic) bond motifs is 1. The van der Waals surface area contributed by atoms with Crippen LogP contribution in [0.25, 0.3) is 10.1 Å². The third-order valence-corrected chi connectivity index (χ3v) is 3.12. The molecule has 0 bridgehead atoms. The number of benzene rings is 1. The second kappa shape index (κ2) is 3.96. The average molecular weight is 222 g/mol. The lowest BCUT2D eigenvalue weighted by molar-refractivity contribution is 0.0598. The van der Waals surface area contributed by atoms with Crippen LogP contribution in [0.2, 0.25) is 0 Å². The van der Waals surface area contributed by atoms with E-state index in [4.69, 9.17) is 5.73 Å². The zero-order valence-electron chi connectivity index (χ0n) is 8.19. The summed E-state index contributed by atoms with van der Waals surface area (Å²) >= 11 is 1.28. The van der Waals surface area contributed by atoms with E-state index in [2.05, 4.69) is 9.11 Å². The Hall–Kier alpha value is -1.46. The van der Waals surface area contributed by atoms with Crippen molar-refractivity contribution in [3.05, 3.63) is 29.5 Å². The monoisotopic (exact) mass is 222 g/mol. The molecule has 2 rings (SSSR count). The highest BCUT2D eigenvalue weighted by molar-refractivity contribution is 7.13. The van der Waals surface area contributed by atoms with Crippen LogP contribution in [0, 0.1) is 0 Å². The van der Waals surface area contributed by atoms with Gasteiger partial charge in [0.05, 0.1) is 11.8 Å². The minimum atomic E-state index is -0.407. The van der Waals surface area contributed by atoms with E-state index < -0.39 is 5.97 Å². The van der Waals surface area contributed by atoms with Crippen molar-refractivity contribution in [2.45, 2.75) is 6.54 Å². The van der Waals surface area contributed by atoms with Crippen LogP contribution < -0.4 is 5.73 Å². The van der Waals surface area contributed by atoms with Crippen molar-refractivity contribution < 1.29 is 9.53 Å². The number of methoxy groups -OCH3 is 1. The average Bonchev–Trinajstić information content (AvgIpc) is 2.71. The zero-order chi connectivity index (χ0) is 10.8. The highest BCUT2D eigenvalue weighted by Crippen LogP contribution is 2.26. The number of carbonyl (C=O) groups excluding carboxylic acids is 1. The van der Waals surface area contributed by atoms with Gasteiger partial charge in [0.2, 0.25) is 0 Å². The Balaban J connectivity index is 2.66. The number of aromatic nitrogens is 1. The zero-order valence-corrected chi connectivity index (χ0v) is 9.00. The van der Waals surface area contributed by atoms with Crippen LogP contribution in [-0.2, 0) is 11.3 Å². The van der Waals surface area contributed by atoms with Crippen LogP contribution in [0.15, 0.2) is 18.2 Å². The van der Waals surface area contributed by atoms with Gasteiger partial charge in [0.1, 0.15) is 0 Å². The first-order chi connectivity index (χ1) is 7.27. The van der Waals surface area contributed by atoms with Gasteiger partial charge in [-0.2, -0.15) is 4.37 Å². The molecule has 0 aliphatic heterocycles. The van der Waals surface area contributed by atoms with Gasteiger partial charge in [0.15, 0.2) is 5.69 Å². The molecule has 0 atom stereocenters. The maximum atomic E-state index is 11.4. The predicted octanol–water partition coefficient (Wildman–Crippen LogP) is 1.54. The number of carbonyl (C=O) groups is 1. The minimum Gasteiger partial charge on any atom is -0.464 e. The number of nitrogens with zero attached hydrogens (tertiary/aromatic N) is 1. The van der Waals surface area contributed by atoms with Crippen molar-refractivity contribution in [3.63, 3.8) is 0 Å². The molecular formula is C10H10N2O2S. The van der Waals surface area contributed by atoms with E-state index in [1.807, 2.05) is 18.2 Å². The number of ether oxygens (including phenoxy) is 1. The van der Waals surface area contributed by atoms with Crippen molar-refractivity contribution >= 4 is 27.6 Å². The number of nitrogens with two attached hydrogens (primary N) is 1. The molecule has 0 saturated carbocycles. The molecule has 78 valence electrons. The van der Waals surface area contributed by atoms with Gasteiger partial charge in [-0.15, -0.1) is 0 Å². The number of hydrogen-bond acceptors (Lipinski definition) is 5. The molecule has 5 heteroatoms.